The van der Waals surface area contributed by atoms with E-state index in [1.54, 1.807) is 17.6 Å². The van der Waals surface area contributed by atoms with E-state index in [-0.39, 0.29) is 11.5 Å². The van der Waals surface area contributed by atoms with Gasteiger partial charge in [-0.1, -0.05) is 18.7 Å². The number of imidazole rings is 1. The molecule has 0 fully saturated rings. The number of hydrogen-bond acceptors (Lipinski definition) is 4. The number of halogens is 3. The van der Waals surface area contributed by atoms with Crippen LogP contribution in [-0.4, -0.2) is 31.5 Å². The van der Waals surface area contributed by atoms with Gasteiger partial charge in [0.1, 0.15) is 5.75 Å². The fourth-order valence-electron chi connectivity index (χ4n) is 2.57. The molecule has 0 radical (unpaired) electrons. The highest BCUT2D eigenvalue weighted by Crippen LogP contribution is 2.25. The summed E-state index contributed by atoms with van der Waals surface area (Å²) in [6.45, 7) is 3.92. The van der Waals surface area contributed by atoms with Crippen LogP contribution in [-0.2, 0) is 16.6 Å². The molecule has 0 N–H and O–H groups in total. The second-order valence-corrected chi connectivity index (χ2v) is 7.06. The van der Waals surface area contributed by atoms with E-state index in [0.29, 0.717) is 21.9 Å². The number of para-hydroxylation sites is 2. The van der Waals surface area contributed by atoms with E-state index in [0.717, 1.165) is 5.52 Å². The molecule has 2 heterocycles. The molecule has 0 bridgehead atoms. The van der Waals surface area contributed by atoms with Crippen molar-refractivity contribution in [3.8, 4) is 5.75 Å². The van der Waals surface area contributed by atoms with Crippen molar-refractivity contribution in [2.45, 2.75) is 24.0 Å². The van der Waals surface area contributed by atoms with Crippen LogP contribution in [0.4, 0.5) is 13.2 Å². The lowest BCUT2D eigenvalue weighted by Gasteiger charge is -2.13. The van der Waals surface area contributed by atoms with Gasteiger partial charge in [-0.25, -0.2) is 4.98 Å². The molecule has 142 valence electrons. The number of benzene rings is 1. The molecule has 2 aromatic heterocycles. The Hall–Kier alpha value is -2.68. The van der Waals surface area contributed by atoms with Crippen molar-refractivity contribution in [2.24, 2.45) is 0 Å². The van der Waals surface area contributed by atoms with Gasteiger partial charge in [0.25, 0.3) is 0 Å². The highest BCUT2D eigenvalue weighted by atomic mass is 32.2. The van der Waals surface area contributed by atoms with Gasteiger partial charge >= 0.3 is 6.18 Å². The second kappa shape index (κ2) is 7.51. The monoisotopic (exact) mass is 395 g/mol. The van der Waals surface area contributed by atoms with Crippen LogP contribution < -0.4 is 4.74 Å². The number of rotatable bonds is 6. The van der Waals surface area contributed by atoms with Crippen molar-refractivity contribution in [1.29, 1.82) is 0 Å². The van der Waals surface area contributed by atoms with Gasteiger partial charge in [-0.15, -0.1) is 0 Å². The van der Waals surface area contributed by atoms with Crippen molar-refractivity contribution < 1.29 is 22.1 Å². The maximum atomic E-state index is 12.9. The first-order valence-electron chi connectivity index (χ1n) is 7.92. The smallest absolute Gasteiger partial charge is 0.422 e. The fraction of sp³-hybridized carbons (Fsp3) is 0.222. The molecule has 0 spiro atoms. The van der Waals surface area contributed by atoms with E-state index in [1.807, 2.05) is 18.2 Å². The van der Waals surface area contributed by atoms with Crippen molar-refractivity contribution in [2.75, 3.05) is 6.61 Å². The van der Waals surface area contributed by atoms with E-state index >= 15 is 0 Å². The number of aromatic nitrogens is 3. The van der Waals surface area contributed by atoms with Crippen molar-refractivity contribution >= 4 is 28.0 Å². The van der Waals surface area contributed by atoms with Gasteiger partial charge in [-0.05, 0) is 25.1 Å². The molecule has 0 saturated carbocycles. The van der Waals surface area contributed by atoms with E-state index < -0.39 is 23.6 Å². The predicted molar refractivity (Wildman–Crippen MR) is 96.8 cm³/mol. The average molecular weight is 395 g/mol. The van der Waals surface area contributed by atoms with Crippen LogP contribution in [0, 0.1) is 6.92 Å². The molecule has 0 saturated heterocycles. The van der Waals surface area contributed by atoms with Crippen LogP contribution >= 0.6 is 0 Å². The van der Waals surface area contributed by atoms with Gasteiger partial charge < -0.3 is 4.74 Å². The largest absolute Gasteiger partial charge is 0.484 e. The molecule has 1 atom stereocenters. The van der Waals surface area contributed by atoms with Crippen LogP contribution in [0.5, 0.6) is 5.75 Å². The summed E-state index contributed by atoms with van der Waals surface area (Å²) in [4.78, 5) is 8.53. The molecule has 0 aliphatic rings. The van der Waals surface area contributed by atoms with Crippen LogP contribution in [0.15, 0.2) is 48.3 Å². The molecule has 0 aliphatic carbocycles. The molecule has 3 aromatic rings. The molecule has 9 heteroatoms. The lowest BCUT2D eigenvalue weighted by atomic mass is 10.2. The summed E-state index contributed by atoms with van der Waals surface area (Å²) in [5.41, 5.74) is 2.24. The summed E-state index contributed by atoms with van der Waals surface area (Å²) >= 11 is 0. The number of hydrogen-bond donors (Lipinski definition) is 0. The molecule has 27 heavy (non-hydrogen) atoms. The predicted octanol–water partition coefficient (Wildman–Crippen LogP) is 4.09. The van der Waals surface area contributed by atoms with Crippen LogP contribution in [0.3, 0.4) is 0 Å². The first kappa shape index (κ1) is 19.1. The zero-order valence-electron chi connectivity index (χ0n) is 14.4. The number of nitrogens with zero attached hydrogens (tertiary/aromatic N) is 3. The number of ether oxygens (including phenoxy) is 1. The third-order valence-corrected chi connectivity index (χ3v) is 5.10. The van der Waals surface area contributed by atoms with Crippen LogP contribution in [0.2, 0.25) is 0 Å². The van der Waals surface area contributed by atoms with Gasteiger partial charge in [0, 0.05) is 18.0 Å². The molecule has 0 amide bonds. The van der Waals surface area contributed by atoms with Crippen LogP contribution in [0.25, 0.3) is 17.2 Å². The molecular formula is C18H16F3N3O2S. The first-order valence-corrected chi connectivity index (χ1v) is 9.24. The maximum absolute atomic E-state index is 12.9. The highest BCUT2D eigenvalue weighted by molar-refractivity contribution is 7.84. The van der Waals surface area contributed by atoms with Gasteiger partial charge in [0.05, 0.1) is 33.3 Å². The molecule has 0 aliphatic heterocycles. The summed E-state index contributed by atoms with van der Waals surface area (Å²) in [7, 11) is -1.58. The Kier molecular flexibility index (Phi) is 5.31. The summed E-state index contributed by atoms with van der Waals surface area (Å²) in [6, 6.07) is 8.64. The second-order valence-electron chi connectivity index (χ2n) is 5.71. The molecular weight excluding hydrogens is 379 g/mol. The standard InChI is InChI=1S/C18H16F3N3O2S/c1-3-24-15-7-5-4-6-13(15)23-17(24)27(25)10-14-12(2)16(8-9-22-14)26-11-18(19,20)21/h3-9H,1,10-11H2,2H3. The Morgan fingerprint density at radius 3 is 2.74 bits per heavy atom. The number of alkyl halides is 3. The highest BCUT2D eigenvalue weighted by Gasteiger charge is 2.29. The zero-order valence-corrected chi connectivity index (χ0v) is 15.2. The third-order valence-electron chi connectivity index (χ3n) is 3.87. The topological polar surface area (TPSA) is 57.0 Å². The molecule has 1 unspecified atom stereocenters. The zero-order chi connectivity index (χ0) is 19.6. The molecule has 5 nitrogen and oxygen atoms in total. The minimum atomic E-state index is -4.44. The summed E-state index contributed by atoms with van der Waals surface area (Å²) in [5.74, 6) is 0.0539. The minimum Gasteiger partial charge on any atom is -0.484 e. The minimum absolute atomic E-state index is 0.00773. The lowest BCUT2D eigenvalue weighted by molar-refractivity contribution is -0.153. The van der Waals surface area contributed by atoms with E-state index in [4.69, 9.17) is 4.74 Å². The first-order chi connectivity index (χ1) is 12.8. The number of fused-ring (bicyclic) bond motifs is 1. The van der Waals surface area contributed by atoms with Crippen molar-refractivity contribution in [1.82, 2.24) is 14.5 Å². The van der Waals surface area contributed by atoms with E-state index in [9.17, 15) is 17.4 Å². The van der Waals surface area contributed by atoms with Crippen LogP contribution in [0.1, 0.15) is 11.3 Å². The Morgan fingerprint density at radius 2 is 2.04 bits per heavy atom. The third kappa shape index (κ3) is 4.19. The van der Waals surface area contributed by atoms with Gasteiger partial charge in [-0.3, -0.25) is 13.8 Å². The summed E-state index contributed by atoms with van der Waals surface area (Å²) < 4.78 is 56.5. The average Bonchev–Trinajstić information content (AvgIpc) is 3.00. The van der Waals surface area contributed by atoms with Gasteiger partial charge in [-0.2, -0.15) is 13.2 Å². The summed E-state index contributed by atoms with van der Waals surface area (Å²) in [6.07, 6.45) is -1.58. The lowest BCUT2D eigenvalue weighted by Crippen LogP contribution is -2.20. The quantitative estimate of drug-likeness (QED) is 0.631. The normalized spacial score (nSPS) is 12.9. The maximum Gasteiger partial charge on any atom is 0.422 e. The van der Waals surface area contributed by atoms with Gasteiger partial charge in [0.15, 0.2) is 6.61 Å². The Bertz CT molecular complexity index is 1010. The Balaban J connectivity index is 1.88. The van der Waals surface area contributed by atoms with E-state index in [1.165, 1.54) is 18.5 Å². The van der Waals surface area contributed by atoms with Gasteiger partial charge in [0.2, 0.25) is 5.16 Å². The SMILES string of the molecule is C=Cn1c(S(=O)Cc2nccc(OCC(F)(F)F)c2C)nc2ccccc21. The Morgan fingerprint density at radius 1 is 1.30 bits per heavy atom. The summed E-state index contributed by atoms with van der Waals surface area (Å²) in [5, 5.41) is 0.300. The number of pyridine rings is 1. The Labute approximate surface area is 156 Å². The van der Waals surface area contributed by atoms with Crippen molar-refractivity contribution in [3.05, 3.63) is 54.4 Å². The molecule has 3 rings (SSSR count). The molecule has 1 aromatic carbocycles. The van der Waals surface area contributed by atoms with Crippen molar-refractivity contribution in [3.63, 3.8) is 0 Å². The fourth-order valence-corrected chi connectivity index (χ4v) is 3.83. The van der Waals surface area contributed by atoms with E-state index in [2.05, 4.69) is 16.5 Å².